The minimum Gasteiger partial charge on any atom is -0.320 e. The molecule has 0 aromatic carbocycles. The Morgan fingerprint density at radius 2 is 2.04 bits per heavy atom. The lowest BCUT2D eigenvalue weighted by atomic mass is 10.2. The lowest BCUT2D eigenvalue weighted by molar-refractivity contribution is -0.115. The number of halogens is 2. The molecule has 1 amide bonds. The molecule has 0 radical (unpaired) electrons. The predicted molar refractivity (Wildman–Crippen MR) is 107 cm³/mol. The van der Waals surface area contributed by atoms with E-state index in [2.05, 4.69) is 21.8 Å². The van der Waals surface area contributed by atoms with E-state index in [1.807, 2.05) is 13.8 Å². The smallest absolute Gasteiger partial charge is 0.238 e. The summed E-state index contributed by atoms with van der Waals surface area (Å²) >= 11 is 13.4. The van der Waals surface area contributed by atoms with Gasteiger partial charge in [-0.15, -0.1) is 0 Å². The maximum atomic E-state index is 12.6. The van der Waals surface area contributed by atoms with Crippen molar-refractivity contribution in [2.45, 2.75) is 62.9 Å². The number of carbonyl (C=O) groups excluding carboxylic acids is 1. The fourth-order valence-corrected chi connectivity index (χ4v) is 4.71. The van der Waals surface area contributed by atoms with Crippen LogP contribution in [0.5, 0.6) is 0 Å². The first-order valence-corrected chi connectivity index (χ1v) is 10.3. The number of hydrogen-bond acceptors (Lipinski definition) is 4. The summed E-state index contributed by atoms with van der Waals surface area (Å²) in [6, 6.07) is 2.05. The van der Waals surface area contributed by atoms with Crippen molar-refractivity contribution in [2.24, 2.45) is 0 Å². The first kappa shape index (κ1) is 19.5. The van der Waals surface area contributed by atoms with Crippen LogP contribution >= 0.6 is 35.0 Å². The van der Waals surface area contributed by atoms with Crippen LogP contribution in [0.15, 0.2) is 17.4 Å². The van der Waals surface area contributed by atoms with Crippen LogP contribution in [0, 0.1) is 13.8 Å². The summed E-state index contributed by atoms with van der Waals surface area (Å²) in [5, 5.41) is 4.10. The molecular weight excluding hydrogens is 391 g/mol. The third-order valence-electron chi connectivity index (χ3n) is 4.75. The summed E-state index contributed by atoms with van der Waals surface area (Å²) in [6.07, 6.45) is 6.31. The second-order valence-corrected chi connectivity index (χ2v) is 8.76. The van der Waals surface area contributed by atoms with Gasteiger partial charge in [0.05, 0.1) is 21.0 Å². The number of aryl methyl sites for hydroxylation is 1. The minimum atomic E-state index is -0.329. The van der Waals surface area contributed by atoms with Gasteiger partial charge in [-0.2, -0.15) is 0 Å². The molecule has 2 aromatic rings. The summed E-state index contributed by atoms with van der Waals surface area (Å²) in [5.41, 5.74) is 2.21. The second kappa shape index (κ2) is 8.19. The normalized spacial score (nSPS) is 16.0. The highest BCUT2D eigenvalue weighted by atomic mass is 35.5. The Morgan fingerprint density at radius 1 is 1.35 bits per heavy atom. The molecule has 1 saturated carbocycles. The van der Waals surface area contributed by atoms with E-state index in [9.17, 15) is 4.79 Å². The van der Waals surface area contributed by atoms with Crippen LogP contribution in [0.25, 0.3) is 0 Å². The number of rotatable bonds is 5. The highest BCUT2D eigenvalue weighted by Gasteiger charge is 2.26. The average Bonchev–Trinajstić information content (AvgIpc) is 3.19. The van der Waals surface area contributed by atoms with Crippen molar-refractivity contribution < 1.29 is 4.79 Å². The zero-order valence-corrected chi connectivity index (χ0v) is 17.4. The second-order valence-electron chi connectivity index (χ2n) is 6.61. The van der Waals surface area contributed by atoms with E-state index in [0.717, 1.165) is 10.9 Å². The standard InChI is InChI=1S/C18H22Cl2N4OS/c1-10-11(2)24(14-6-4-5-7-14)18(22-10)26-12(3)17(25)23-16-15(20)8-13(19)9-21-16/h8-9,12,14H,4-7H2,1-3H3,(H,21,23,25)/t12-/m1/s1. The third kappa shape index (κ3) is 4.18. The van der Waals surface area contributed by atoms with Crippen LogP contribution in [0.3, 0.4) is 0 Å². The monoisotopic (exact) mass is 412 g/mol. The summed E-state index contributed by atoms with van der Waals surface area (Å²) in [7, 11) is 0. The van der Waals surface area contributed by atoms with E-state index in [4.69, 9.17) is 28.2 Å². The van der Waals surface area contributed by atoms with Crippen LogP contribution in [-0.4, -0.2) is 25.7 Å². The average molecular weight is 413 g/mol. The number of pyridine rings is 1. The van der Waals surface area contributed by atoms with Gasteiger partial charge in [0.25, 0.3) is 0 Å². The van der Waals surface area contributed by atoms with Crippen molar-refractivity contribution in [2.75, 3.05) is 5.32 Å². The number of amides is 1. The Kier molecular flexibility index (Phi) is 6.15. The van der Waals surface area contributed by atoms with E-state index < -0.39 is 0 Å². The maximum absolute atomic E-state index is 12.6. The summed E-state index contributed by atoms with van der Waals surface area (Å²) in [5.74, 6) is 0.156. The predicted octanol–water partition coefficient (Wildman–Crippen LogP) is 5.44. The molecule has 26 heavy (non-hydrogen) atoms. The molecule has 0 saturated heterocycles. The summed E-state index contributed by atoms with van der Waals surface area (Å²) < 4.78 is 2.31. The molecule has 1 atom stereocenters. The van der Waals surface area contributed by atoms with Crippen LogP contribution in [-0.2, 0) is 4.79 Å². The maximum Gasteiger partial charge on any atom is 0.238 e. The van der Waals surface area contributed by atoms with Gasteiger partial charge in [0.2, 0.25) is 5.91 Å². The molecule has 0 aliphatic heterocycles. The van der Waals surface area contributed by atoms with Gasteiger partial charge in [0, 0.05) is 17.9 Å². The number of nitrogens with zero attached hydrogens (tertiary/aromatic N) is 3. The van der Waals surface area contributed by atoms with Gasteiger partial charge in [0.1, 0.15) is 0 Å². The van der Waals surface area contributed by atoms with Gasteiger partial charge in [0.15, 0.2) is 11.0 Å². The number of aromatic nitrogens is 3. The summed E-state index contributed by atoms with van der Waals surface area (Å²) in [6.45, 7) is 5.99. The zero-order chi connectivity index (χ0) is 18.8. The van der Waals surface area contributed by atoms with E-state index in [1.165, 1.54) is 49.3 Å². The fourth-order valence-electron chi connectivity index (χ4n) is 3.21. The van der Waals surface area contributed by atoms with E-state index >= 15 is 0 Å². The Morgan fingerprint density at radius 3 is 2.69 bits per heavy atom. The van der Waals surface area contributed by atoms with Gasteiger partial charge in [-0.05, 0) is 39.7 Å². The number of imidazole rings is 1. The molecule has 0 spiro atoms. The number of thioether (sulfide) groups is 1. The van der Waals surface area contributed by atoms with Gasteiger partial charge in [-0.1, -0.05) is 47.8 Å². The highest BCUT2D eigenvalue weighted by Crippen LogP contribution is 2.36. The first-order valence-electron chi connectivity index (χ1n) is 8.70. The largest absolute Gasteiger partial charge is 0.320 e. The van der Waals surface area contributed by atoms with Crippen LogP contribution in [0.2, 0.25) is 10.0 Å². The van der Waals surface area contributed by atoms with Gasteiger partial charge >= 0.3 is 0 Å². The SMILES string of the molecule is Cc1nc(S[C@H](C)C(=O)Nc2ncc(Cl)cc2Cl)n(C2CCCC2)c1C. The number of nitrogens with one attached hydrogen (secondary N) is 1. The van der Waals surface area contributed by atoms with Crippen molar-refractivity contribution >= 4 is 46.7 Å². The number of carbonyl (C=O) groups is 1. The molecule has 8 heteroatoms. The van der Waals surface area contributed by atoms with Crippen molar-refractivity contribution in [1.82, 2.24) is 14.5 Å². The molecule has 140 valence electrons. The summed E-state index contributed by atoms with van der Waals surface area (Å²) in [4.78, 5) is 21.4. The van der Waals surface area contributed by atoms with Crippen LogP contribution < -0.4 is 5.32 Å². The minimum absolute atomic E-state index is 0.164. The van der Waals surface area contributed by atoms with Crippen LogP contribution in [0.4, 0.5) is 5.82 Å². The van der Waals surface area contributed by atoms with Gasteiger partial charge in [-0.25, -0.2) is 9.97 Å². The topological polar surface area (TPSA) is 59.8 Å². The Hall–Kier alpha value is -1.24. The molecule has 0 bridgehead atoms. The van der Waals surface area contributed by atoms with E-state index in [1.54, 1.807) is 6.07 Å². The fraction of sp³-hybridized carbons (Fsp3) is 0.500. The molecule has 2 aromatic heterocycles. The molecule has 2 heterocycles. The Balaban J connectivity index is 1.74. The number of anilines is 1. The highest BCUT2D eigenvalue weighted by molar-refractivity contribution is 8.00. The molecule has 3 rings (SSSR count). The molecule has 1 fully saturated rings. The quantitative estimate of drug-likeness (QED) is 0.664. The van der Waals surface area contributed by atoms with Crippen molar-refractivity contribution in [3.63, 3.8) is 0 Å². The molecule has 5 nitrogen and oxygen atoms in total. The Bertz CT molecular complexity index is 818. The van der Waals surface area contributed by atoms with Gasteiger partial charge < -0.3 is 9.88 Å². The lowest BCUT2D eigenvalue weighted by Crippen LogP contribution is -2.24. The van der Waals surface area contributed by atoms with E-state index in [0.29, 0.717) is 21.9 Å². The lowest BCUT2D eigenvalue weighted by Gasteiger charge is -2.18. The Labute approximate surface area is 167 Å². The van der Waals surface area contributed by atoms with Crippen molar-refractivity contribution in [3.8, 4) is 0 Å². The zero-order valence-electron chi connectivity index (χ0n) is 15.1. The molecule has 1 aliphatic carbocycles. The van der Waals surface area contributed by atoms with Crippen LogP contribution in [0.1, 0.15) is 50.0 Å². The van der Waals surface area contributed by atoms with E-state index in [-0.39, 0.29) is 11.2 Å². The van der Waals surface area contributed by atoms with Gasteiger partial charge in [-0.3, -0.25) is 4.79 Å². The molecule has 1 aliphatic rings. The third-order valence-corrected chi connectivity index (χ3v) is 6.31. The molecular formula is C18H22Cl2N4OS. The van der Waals surface area contributed by atoms with Crippen molar-refractivity contribution in [1.29, 1.82) is 0 Å². The number of hydrogen-bond donors (Lipinski definition) is 1. The first-order chi connectivity index (χ1) is 12.4. The van der Waals surface area contributed by atoms with Crippen molar-refractivity contribution in [3.05, 3.63) is 33.7 Å². The molecule has 0 unspecified atom stereocenters. The molecule has 1 N–H and O–H groups in total.